The molecule has 29 heavy (non-hydrogen) atoms. The maximum atomic E-state index is 12.8. The molecule has 1 unspecified atom stereocenters. The summed E-state index contributed by atoms with van der Waals surface area (Å²) in [6.45, 7) is 2.42. The summed E-state index contributed by atoms with van der Waals surface area (Å²) in [4.78, 5) is 39.3. The third-order valence-electron chi connectivity index (χ3n) is 5.00. The Morgan fingerprint density at radius 1 is 1.10 bits per heavy atom. The van der Waals surface area contributed by atoms with Gasteiger partial charge in [-0.25, -0.2) is 0 Å². The molecular formula is C22H24BrN3O3. The summed E-state index contributed by atoms with van der Waals surface area (Å²) in [5, 5.41) is 5.51. The van der Waals surface area contributed by atoms with Gasteiger partial charge in [-0.1, -0.05) is 41.1 Å². The Balaban J connectivity index is 1.57. The van der Waals surface area contributed by atoms with E-state index in [2.05, 4.69) is 26.6 Å². The number of nitrogens with one attached hydrogen (secondary N) is 2. The first-order valence-electron chi connectivity index (χ1n) is 9.71. The van der Waals surface area contributed by atoms with Gasteiger partial charge in [0.25, 0.3) is 5.91 Å². The first-order valence-corrected chi connectivity index (χ1v) is 10.5. The van der Waals surface area contributed by atoms with Crippen molar-refractivity contribution in [1.82, 2.24) is 10.2 Å². The van der Waals surface area contributed by atoms with E-state index in [0.717, 1.165) is 28.6 Å². The molecule has 1 aliphatic rings. The number of para-hydroxylation sites is 1. The first kappa shape index (κ1) is 21.0. The van der Waals surface area contributed by atoms with Crippen molar-refractivity contribution in [3.8, 4) is 0 Å². The van der Waals surface area contributed by atoms with E-state index in [1.807, 2.05) is 31.2 Å². The molecule has 2 aromatic rings. The number of hydrogen-bond acceptors (Lipinski definition) is 3. The summed E-state index contributed by atoms with van der Waals surface area (Å²) < 4.78 is 0.889. The minimum atomic E-state index is -0.554. The Labute approximate surface area is 178 Å². The molecule has 1 saturated heterocycles. The average Bonchev–Trinajstić information content (AvgIpc) is 3.22. The molecule has 0 bridgehead atoms. The normalized spacial score (nSPS) is 15.8. The lowest BCUT2D eigenvalue weighted by Gasteiger charge is -2.24. The number of amides is 3. The molecule has 0 aliphatic carbocycles. The van der Waals surface area contributed by atoms with E-state index < -0.39 is 6.04 Å². The third kappa shape index (κ3) is 5.23. The van der Waals surface area contributed by atoms with Crippen molar-refractivity contribution in [2.45, 2.75) is 32.2 Å². The maximum Gasteiger partial charge on any atom is 0.254 e. The van der Waals surface area contributed by atoms with Gasteiger partial charge in [0.05, 0.1) is 6.54 Å². The predicted octanol–water partition coefficient (Wildman–Crippen LogP) is 3.37. The number of benzene rings is 2. The average molecular weight is 458 g/mol. The topological polar surface area (TPSA) is 78.5 Å². The molecular weight excluding hydrogens is 434 g/mol. The molecule has 1 fully saturated rings. The monoisotopic (exact) mass is 457 g/mol. The Morgan fingerprint density at radius 3 is 2.55 bits per heavy atom. The Hall–Kier alpha value is -2.67. The Kier molecular flexibility index (Phi) is 7.04. The summed E-state index contributed by atoms with van der Waals surface area (Å²) in [6, 6.07) is 14.1. The number of hydrogen-bond donors (Lipinski definition) is 2. The molecule has 3 rings (SSSR count). The predicted molar refractivity (Wildman–Crippen MR) is 116 cm³/mol. The number of rotatable bonds is 6. The zero-order valence-electron chi connectivity index (χ0n) is 16.3. The van der Waals surface area contributed by atoms with Gasteiger partial charge >= 0.3 is 0 Å². The van der Waals surface area contributed by atoms with Crippen molar-refractivity contribution in [3.63, 3.8) is 0 Å². The fourth-order valence-corrected chi connectivity index (χ4v) is 3.74. The molecule has 1 atom stereocenters. The second kappa shape index (κ2) is 9.69. The van der Waals surface area contributed by atoms with Crippen molar-refractivity contribution < 1.29 is 14.4 Å². The third-order valence-corrected chi connectivity index (χ3v) is 5.53. The quantitative estimate of drug-likeness (QED) is 0.697. The molecule has 0 radical (unpaired) electrons. The van der Waals surface area contributed by atoms with Crippen molar-refractivity contribution in [2.75, 3.05) is 18.4 Å². The van der Waals surface area contributed by atoms with Crippen LogP contribution in [0.2, 0.25) is 0 Å². The van der Waals surface area contributed by atoms with E-state index in [1.54, 1.807) is 29.2 Å². The van der Waals surface area contributed by atoms with Gasteiger partial charge in [0.1, 0.15) is 6.04 Å². The molecule has 0 aromatic heterocycles. The molecule has 2 aromatic carbocycles. The van der Waals surface area contributed by atoms with Crippen LogP contribution in [0.4, 0.5) is 5.69 Å². The molecule has 1 heterocycles. The first-order chi connectivity index (χ1) is 14.0. The van der Waals surface area contributed by atoms with Gasteiger partial charge < -0.3 is 15.5 Å². The molecule has 152 valence electrons. The number of halogens is 1. The van der Waals surface area contributed by atoms with Crippen LogP contribution in [0.15, 0.2) is 53.0 Å². The van der Waals surface area contributed by atoms with Crippen LogP contribution in [-0.4, -0.2) is 41.8 Å². The van der Waals surface area contributed by atoms with Gasteiger partial charge in [0, 0.05) is 22.3 Å². The smallest absolute Gasteiger partial charge is 0.254 e. The highest BCUT2D eigenvalue weighted by Crippen LogP contribution is 2.21. The van der Waals surface area contributed by atoms with Crippen molar-refractivity contribution >= 4 is 39.3 Å². The molecule has 2 N–H and O–H groups in total. The highest BCUT2D eigenvalue weighted by molar-refractivity contribution is 9.10. The molecule has 0 saturated carbocycles. The van der Waals surface area contributed by atoms with Crippen LogP contribution in [0.3, 0.4) is 0 Å². The second-order valence-electron chi connectivity index (χ2n) is 6.94. The molecule has 7 heteroatoms. The van der Waals surface area contributed by atoms with Crippen LogP contribution in [0.1, 0.15) is 35.7 Å². The fourth-order valence-electron chi connectivity index (χ4n) is 3.47. The lowest BCUT2D eigenvalue weighted by Crippen LogP contribution is -2.47. The summed E-state index contributed by atoms with van der Waals surface area (Å²) >= 11 is 3.35. The molecule has 6 nitrogen and oxygen atoms in total. The van der Waals surface area contributed by atoms with E-state index in [1.165, 1.54) is 0 Å². The summed E-state index contributed by atoms with van der Waals surface area (Å²) in [5.74, 6) is -0.758. The van der Waals surface area contributed by atoms with E-state index in [4.69, 9.17) is 0 Å². The highest BCUT2D eigenvalue weighted by atomic mass is 79.9. The fraction of sp³-hybridized carbons (Fsp3) is 0.318. The van der Waals surface area contributed by atoms with Crippen molar-refractivity contribution in [3.05, 3.63) is 64.1 Å². The van der Waals surface area contributed by atoms with Gasteiger partial charge in [-0.15, -0.1) is 0 Å². The lowest BCUT2D eigenvalue weighted by molar-refractivity contribution is -0.127. The van der Waals surface area contributed by atoms with Gasteiger partial charge in [0.2, 0.25) is 11.8 Å². The van der Waals surface area contributed by atoms with Crippen molar-refractivity contribution in [1.29, 1.82) is 0 Å². The number of aryl methyl sites for hydroxylation is 1. The van der Waals surface area contributed by atoms with Gasteiger partial charge in [-0.05, 0) is 55.2 Å². The summed E-state index contributed by atoms with van der Waals surface area (Å²) in [6.07, 6.45) is 2.16. The van der Waals surface area contributed by atoms with E-state index in [0.29, 0.717) is 18.5 Å². The number of anilines is 1. The second-order valence-corrected chi connectivity index (χ2v) is 7.86. The zero-order chi connectivity index (χ0) is 20.8. The molecule has 0 spiro atoms. The molecule has 3 amide bonds. The van der Waals surface area contributed by atoms with Crippen LogP contribution in [-0.2, 0) is 16.0 Å². The van der Waals surface area contributed by atoms with Gasteiger partial charge in [0.15, 0.2) is 0 Å². The molecule has 1 aliphatic heterocycles. The van der Waals surface area contributed by atoms with Gasteiger partial charge in [-0.3, -0.25) is 14.4 Å². The van der Waals surface area contributed by atoms with E-state index in [9.17, 15) is 14.4 Å². The SMILES string of the molecule is CCc1ccccc1NC(=O)CNC(=O)C1CCCN1C(=O)c1ccc(Br)cc1. The van der Waals surface area contributed by atoms with Gasteiger partial charge in [-0.2, -0.15) is 0 Å². The number of carbonyl (C=O) groups is 3. The minimum Gasteiger partial charge on any atom is -0.345 e. The summed E-state index contributed by atoms with van der Waals surface area (Å²) in [5.41, 5.74) is 2.33. The van der Waals surface area contributed by atoms with E-state index in [-0.39, 0.29) is 24.3 Å². The standard InChI is InChI=1S/C22H24BrN3O3/c1-2-15-6-3-4-7-18(15)25-20(27)14-24-21(28)19-8-5-13-26(19)22(29)16-9-11-17(23)12-10-16/h3-4,6-7,9-12,19H,2,5,8,13-14H2,1H3,(H,24,28)(H,25,27). The van der Waals surface area contributed by atoms with Crippen LogP contribution in [0.25, 0.3) is 0 Å². The number of carbonyl (C=O) groups excluding carboxylic acids is 3. The lowest BCUT2D eigenvalue weighted by atomic mass is 10.1. The number of likely N-dealkylation sites (tertiary alicyclic amines) is 1. The Morgan fingerprint density at radius 2 is 1.83 bits per heavy atom. The minimum absolute atomic E-state index is 0.131. The Bertz CT molecular complexity index is 898. The van der Waals surface area contributed by atoms with Crippen molar-refractivity contribution in [2.24, 2.45) is 0 Å². The zero-order valence-corrected chi connectivity index (χ0v) is 17.9. The van der Waals surface area contributed by atoms with Crippen LogP contribution in [0.5, 0.6) is 0 Å². The largest absolute Gasteiger partial charge is 0.345 e. The maximum absolute atomic E-state index is 12.8. The van der Waals surface area contributed by atoms with Crippen LogP contribution >= 0.6 is 15.9 Å². The van der Waals surface area contributed by atoms with Crippen LogP contribution in [0, 0.1) is 0 Å². The van der Waals surface area contributed by atoms with Crippen LogP contribution < -0.4 is 10.6 Å². The summed E-state index contributed by atoms with van der Waals surface area (Å²) in [7, 11) is 0. The number of nitrogens with zero attached hydrogens (tertiary/aromatic N) is 1. The van der Waals surface area contributed by atoms with E-state index >= 15 is 0 Å². The highest BCUT2D eigenvalue weighted by Gasteiger charge is 2.34.